The molecule has 3 N–H and O–H groups in total. The molecule has 0 aliphatic rings. The Morgan fingerprint density at radius 1 is 1.21 bits per heavy atom. The molecule has 1 unspecified atom stereocenters. The Morgan fingerprint density at radius 3 is 2.61 bits per heavy atom. The van der Waals surface area contributed by atoms with Gasteiger partial charge in [-0.3, -0.25) is 4.79 Å². The molecule has 0 spiro atoms. The van der Waals surface area contributed by atoms with Crippen LogP contribution in [0.2, 0.25) is 0 Å². The standard InChI is InChI=1S/C20H22BrN5OS/c1-3-17(19(27)23-16-10-8-14(21)9-11-16)28-20-25-24-18(26(20)4-2)13-6-5-7-15(22)12-13/h5-12,17H,3-4,22H2,1-2H3,(H,23,27). The number of nitrogens with zero attached hydrogens (tertiary/aromatic N) is 3. The van der Waals surface area contributed by atoms with Gasteiger partial charge in [0.25, 0.3) is 0 Å². The number of halogens is 1. The Kier molecular flexibility index (Phi) is 6.74. The van der Waals surface area contributed by atoms with E-state index in [-0.39, 0.29) is 11.2 Å². The molecule has 6 nitrogen and oxygen atoms in total. The normalized spacial score (nSPS) is 12.0. The van der Waals surface area contributed by atoms with Crippen LogP contribution in [0.1, 0.15) is 20.3 Å². The van der Waals surface area contributed by atoms with Crippen molar-refractivity contribution >= 4 is 45.0 Å². The zero-order chi connectivity index (χ0) is 20.1. The number of benzene rings is 2. The van der Waals surface area contributed by atoms with Crippen molar-refractivity contribution in [3.8, 4) is 11.4 Å². The molecule has 3 aromatic rings. The molecule has 0 saturated heterocycles. The molecule has 8 heteroatoms. The smallest absolute Gasteiger partial charge is 0.237 e. The first-order valence-electron chi connectivity index (χ1n) is 9.04. The molecule has 146 valence electrons. The first-order chi connectivity index (χ1) is 13.5. The fraction of sp³-hybridized carbons (Fsp3) is 0.250. The van der Waals surface area contributed by atoms with Crippen LogP contribution in [0.15, 0.2) is 58.2 Å². The molecular weight excluding hydrogens is 438 g/mol. The summed E-state index contributed by atoms with van der Waals surface area (Å²) in [4.78, 5) is 12.7. The van der Waals surface area contributed by atoms with E-state index in [4.69, 9.17) is 5.73 Å². The lowest BCUT2D eigenvalue weighted by molar-refractivity contribution is -0.115. The number of carbonyl (C=O) groups is 1. The Morgan fingerprint density at radius 2 is 1.96 bits per heavy atom. The average Bonchev–Trinajstić information content (AvgIpc) is 3.10. The summed E-state index contributed by atoms with van der Waals surface area (Å²) in [6.07, 6.45) is 0.678. The molecule has 0 saturated carbocycles. The number of hydrogen-bond donors (Lipinski definition) is 2. The fourth-order valence-electron chi connectivity index (χ4n) is 2.76. The van der Waals surface area contributed by atoms with Gasteiger partial charge in [0.2, 0.25) is 5.91 Å². The Bertz CT molecular complexity index is 957. The van der Waals surface area contributed by atoms with Gasteiger partial charge in [0, 0.05) is 28.0 Å². The topological polar surface area (TPSA) is 85.8 Å². The number of anilines is 2. The highest BCUT2D eigenvalue weighted by Gasteiger charge is 2.22. The minimum Gasteiger partial charge on any atom is -0.399 e. The molecular formula is C20H22BrN5OS. The van der Waals surface area contributed by atoms with E-state index in [1.807, 2.05) is 66.9 Å². The monoisotopic (exact) mass is 459 g/mol. The Labute approximate surface area is 177 Å². The summed E-state index contributed by atoms with van der Waals surface area (Å²) < 4.78 is 2.98. The predicted molar refractivity (Wildman–Crippen MR) is 118 cm³/mol. The molecule has 1 amide bonds. The van der Waals surface area contributed by atoms with Crippen LogP contribution in [0.5, 0.6) is 0 Å². The van der Waals surface area contributed by atoms with E-state index in [1.165, 1.54) is 11.8 Å². The molecule has 1 heterocycles. The second-order valence-corrected chi connectivity index (χ2v) is 8.27. The van der Waals surface area contributed by atoms with Crippen molar-refractivity contribution in [2.75, 3.05) is 11.1 Å². The van der Waals surface area contributed by atoms with Crippen molar-refractivity contribution in [1.82, 2.24) is 14.8 Å². The lowest BCUT2D eigenvalue weighted by Crippen LogP contribution is -2.25. The maximum atomic E-state index is 12.7. The molecule has 0 bridgehead atoms. The van der Waals surface area contributed by atoms with Crippen LogP contribution in [0.25, 0.3) is 11.4 Å². The zero-order valence-electron chi connectivity index (χ0n) is 15.7. The summed E-state index contributed by atoms with van der Waals surface area (Å²) in [5.74, 6) is 0.700. The zero-order valence-corrected chi connectivity index (χ0v) is 18.1. The van der Waals surface area contributed by atoms with E-state index >= 15 is 0 Å². The van der Waals surface area contributed by atoms with Gasteiger partial charge < -0.3 is 15.6 Å². The third-order valence-corrected chi connectivity index (χ3v) is 6.07. The molecule has 0 aliphatic heterocycles. The summed E-state index contributed by atoms with van der Waals surface area (Å²) in [5.41, 5.74) is 8.26. The van der Waals surface area contributed by atoms with Crippen LogP contribution < -0.4 is 11.1 Å². The number of carbonyl (C=O) groups excluding carboxylic acids is 1. The maximum absolute atomic E-state index is 12.7. The average molecular weight is 460 g/mol. The van der Waals surface area contributed by atoms with E-state index in [2.05, 4.69) is 31.4 Å². The number of thioether (sulfide) groups is 1. The molecule has 0 aliphatic carbocycles. The largest absolute Gasteiger partial charge is 0.399 e. The third-order valence-electron chi connectivity index (χ3n) is 4.20. The van der Waals surface area contributed by atoms with Crippen LogP contribution in [0, 0.1) is 0 Å². The first kappa shape index (κ1) is 20.4. The summed E-state index contributed by atoms with van der Waals surface area (Å²) in [6.45, 7) is 4.72. The number of hydrogen-bond acceptors (Lipinski definition) is 5. The molecule has 28 heavy (non-hydrogen) atoms. The Balaban J connectivity index is 1.79. The first-order valence-corrected chi connectivity index (χ1v) is 10.7. The minimum atomic E-state index is -0.271. The summed E-state index contributed by atoms with van der Waals surface area (Å²) in [6, 6.07) is 15.1. The van der Waals surface area contributed by atoms with Gasteiger partial charge in [-0.2, -0.15) is 0 Å². The van der Waals surface area contributed by atoms with Gasteiger partial charge in [0.15, 0.2) is 11.0 Å². The number of nitrogen functional groups attached to an aromatic ring is 1. The predicted octanol–water partition coefficient (Wildman–Crippen LogP) is 4.82. The van der Waals surface area contributed by atoms with Crippen molar-refractivity contribution in [3.63, 3.8) is 0 Å². The van der Waals surface area contributed by atoms with Crippen molar-refractivity contribution in [2.24, 2.45) is 0 Å². The van der Waals surface area contributed by atoms with E-state index in [1.54, 1.807) is 0 Å². The second-order valence-electron chi connectivity index (χ2n) is 6.19. The van der Waals surface area contributed by atoms with Crippen LogP contribution in [0.3, 0.4) is 0 Å². The van der Waals surface area contributed by atoms with Crippen molar-refractivity contribution < 1.29 is 4.79 Å². The van der Waals surface area contributed by atoms with E-state index in [9.17, 15) is 4.79 Å². The highest BCUT2D eigenvalue weighted by molar-refractivity contribution is 9.10. The van der Waals surface area contributed by atoms with Crippen molar-refractivity contribution in [2.45, 2.75) is 37.2 Å². The summed E-state index contributed by atoms with van der Waals surface area (Å²) >= 11 is 4.82. The lowest BCUT2D eigenvalue weighted by Gasteiger charge is -2.15. The SMILES string of the molecule is CCC(Sc1nnc(-c2cccc(N)c2)n1CC)C(=O)Nc1ccc(Br)cc1. The van der Waals surface area contributed by atoms with Gasteiger partial charge in [-0.1, -0.05) is 46.7 Å². The fourth-order valence-corrected chi connectivity index (χ4v) is 4.04. The van der Waals surface area contributed by atoms with Gasteiger partial charge in [0.1, 0.15) is 0 Å². The molecule has 2 aromatic carbocycles. The highest BCUT2D eigenvalue weighted by atomic mass is 79.9. The van der Waals surface area contributed by atoms with E-state index in [0.717, 1.165) is 26.7 Å². The number of aromatic nitrogens is 3. The second kappa shape index (κ2) is 9.25. The Hall–Kier alpha value is -2.32. The number of rotatable bonds is 7. The van der Waals surface area contributed by atoms with Gasteiger partial charge in [-0.05, 0) is 49.7 Å². The van der Waals surface area contributed by atoms with Crippen LogP contribution in [0.4, 0.5) is 11.4 Å². The van der Waals surface area contributed by atoms with Crippen molar-refractivity contribution in [1.29, 1.82) is 0 Å². The molecule has 1 aromatic heterocycles. The van der Waals surface area contributed by atoms with Gasteiger partial charge in [-0.15, -0.1) is 10.2 Å². The summed E-state index contributed by atoms with van der Waals surface area (Å²) in [5, 5.41) is 12.1. The quantitative estimate of drug-likeness (QED) is 0.390. The van der Waals surface area contributed by atoms with E-state index in [0.29, 0.717) is 18.7 Å². The molecule has 1 atom stereocenters. The maximum Gasteiger partial charge on any atom is 0.237 e. The van der Waals surface area contributed by atoms with Crippen LogP contribution >= 0.6 is 27.7 Å². The highest BCUT2D eigenvalue weighted by Crippen LogP contribution is 2.29. The van der Waals surface area contributed by atoms with Gasteiger partial charge in [-0.25, -0.2) is 0 Å². The van der Waals surface area contributed by atoms with Gasteiger partial charge >= 0.3 is 0 Å². The molecule has 0 fully saturated rings. The summed E-state index contributed by atoms with van der Waals surface area (Å²) in [7, 11) is 0. The molecule has 3 rings (SSSR count). The van der Waals surface area contributed by atoms with Gasteiger partial charge in [0.05, 0.1) is 5.25 Å². The third kappa shape index (κ3) is 4.74. The van der Waals surface area contributed by atoms with E-state index < -0.39 is 0 Å². The van der Waals surface area contributed by atoms with Crippen molar-refractivity contribution in [3.05, 3.63) is 53.0 Å². The van der Waals surface area contributed by atoms with Crippen LogP contribution in [-0.4, -0.2) is 25.9 Å². The number of amides is 1. The molecule has 0 radical (unpaired) electrons. The minimum absolute atomic E-state index is 0.0500. The number of nitrogens with two attached hydrogens (primary N) is 1. The number of nitrogens with one attached hydrogen (secondary N) is 1. The van der Waals surface area contributed by atoms with Crippen LogP contribution in [-0.2, 0) is 11.3 Å². The lowest BCUT2D eigenvalue weighted by atomic mass is 10.2.